The van der Waals surface area contributed by atoms with Crippen molar-refractivity contribution in [3.63, 3.8) is 0 Å². The summed E-state index contributed by atoms with van der Waals surface area (Å²) in [6.45, 7) is 2.68. The SMILES string of the molecule is CN=C(NCCc1cn2c(n1)CCCC2)N(C)Cc1cc(Cl)cn1C.I. The van der Waals surface area contributed by atoms with E-state index in [9.17, 15) is 0 Å². The third-order valence-electron chi connectivity index (χ3n) is 4.67. The third-order valence-corrected chi connectivity index (χ3v) is 4.88. The summed E-state index contributed by atoms with van der Waals surface area (Å²) in [5.74, 6) is 2.12. The van der Waals surface area contributed by atoms with Crippen LogP contribution in [0.25, 0.3) is 0 Å². The van der Waals surface area contributed by atoms with Crippen molar-refractivity contribution in [1.29, 1.82) is 0 Å². The number of guanidine groups is 1. The van der Waals surface area contributed by atoms with Gasteiger partial charge in [0.25, 0.3) is 0 Å². The average Bonchev–Trinajstić information content (AvgIpc) is 3.13. The summed E-state index contributed by atoms with van der Waals surface area (Å²) in [5, 5.41) is 4.19. The molecular weight excluding hydrogens is 463 g/mol. The molecule has 0 spiro atoms. The zero-order chi connectivity index (χ0) is 17.8. The van der Waals surface area contributed by atoms with Crippen LogP contribution in [-0.4, -0.2) is 45.6 Å². The predicted molar refractivity (Wildman–Crippen MR) is 118 cm³/mol. The summed E-state index contributed by atoms with van der Waals surface area (Å²) in [4.78, 5) is 11.2. The van der Waals surface area contributed by atoms with Gasteiger partial charge in [-0.1, -0.05) is 11.6 Å². The van der Waals surface area contributed by atoms with Crippen LogP contribution in [-0.2, 0) is 33.0 Å². The Labute approximate surface area is 177 Å². The number of nitrogens with one attached hydrogen (secondary N) is 1. The molecule has 6 nitrogen and oxygen atoms in total. The molecule has 0 unspecified atom stereocenters. The minimum Gasteiger partial charge on any atom is -0.356 e. The van der Waals surface area contributed by atoms with Crippen LogP contribution in [0.2, 0.25) is 5.02 Å². The largest absolute Gasteiger partial charge is 0.356 e. The number of halogens is 2. The van der Waals surface area contributed by atoms with E-state index in [0.29, 0.717) is 0 Å². The predicted octanol–water partition coefficient (Wildman–Crippen LogP) is 3.08. The first-order valence-corrected chi connectivity index (χ1v) is 9.22. The Morgan fingerprint density at radius 2 is 2.19 bits per heavy atom. The molecule has 2 aromatic rings. The maximum atomic E-state index is 6.06. The van der Waals surface area contributed by atoms with Gasteiger partial charge in [0.15, 0.2) is 5.96 Å². The van der Waals surface area contributed by atoms with Crippen LogP contribution < -0.4 is 5.32 Å². The quantitative estimate of drug-likeness (QED) is 0.398. The Hall–Kier alpha value is -1.22. The Morgan fingerprint density at radius 3 is 2.85 bits per heavy atom. The van der Waals surface area contributed by atoms with Crippen molar-refractivity contribution >= 4 is 41.5 Å². The minimum absolute atomic E-state index is 0. The molecule has 0 bridgehead atoms. The van der Waals surface area contributed by atoms with E-state index in [0.717, 1.165) is 54.8 Å². The van der Waals surface area contributed by atoms with E-state index in [1.54, 1.807) is 0 Å². The molecule has 0 aliphatic carbocycles. The van der Waals surface area contributed by atoms with Crippen molar-refractivity contribution < 1.29 is 0 Å². The van der Waals surface area contributed by atoms with Gasteiger partial charge in [0.05, 0.1) is 17.3 Å². The molecule has 26 heavy (non-hydrogen) atoms. The lowest BCUT2D eigenvalue weighted by molar-refractivity contribution is 0.462. The van der Waals surface area contributed by atoms with Gasteiger partial charge in [-0.2, -0.15) is 0 Å². The summed E-state index contributed by atoms with van der Waals surface area (Å²) >= 11 is 6.06. The van der Waals surface area contributed by atoms with Gasteiger partial charge in [-0.05, 0) is 18.9 Å². The molecule has 1 N–H and O–H groups in total. The topological polar surface area (TPSA) is 50.4 Å². The molecular formula is C18H28ClIN6. The van der Waals surface area contributed by atoms with Crippen molar-refractivity contribution in [3.05, 3.63) is 40.7 Å². The summed E-state index contributed by atoms with van der Waals surface area (Å²) in [6.07, 6.45) is 8.66. The summed E-state index contributed by atoms with van der Waals surface area (Å²) in [7, 11) is 5.85. The molecule has 2 aromatic heterocycles. The van der Waals surface area contributed by atoms with E-state index >= 15 is 0 Å². The van der Waals surface area contributed by atoms with E-state index in [4.69, 9.17) is 16.6 Å². The number of hydrogen-bond acceptors (Lipinski definition) is 2. The Bertz CT molecular complexity index is 727. The number of nitrogens with zero attached hydrogens (tertiary/aromatic N) is 5. The molecule has 0 radical (unpaired) electrons. The van der Waals surface area contributed by atoms with Gasteiger partial charge >= 0.3 is 0 Å². The molecule has 0 saturated carbocycles. The maximum Gasteiger partial charge on any atom is 0.193 e. The Balaban J connectivity index is 0.00000243. The summed E-state index contributed by atoms with van der Waals surface area (Å²) < 4.78 is 4.35. The van der Waals surface area contributed by atoms with Gasteiger partial charge in [-0.3, -0.25) is 4.99 Å². The molecule has 0 aromatic carbocycles. The molecule has 1 aliphatic rings. The fourth-order valence-corrected chi connectivity index (χ4v) is 3.59. The van der Waals surface area contributed by atoms with E-state index < -0.39 is 0 Å². The van der Waals surface area contributed by atoms with Crippen molar-refractivity contribution in [3.8, 4) is 0 Å². The number of aryl methyl sites for hydroxylation is 3. The van der Waals surface area contributed by atoms with Gasteiger partial charge in [0, 0.05) is 65.2 Å². The fraction of sp³-hybridized carbons (Fsp3) is 0.556. The highest BCUT2D eigenvalue weighted by Crippen LogP contribution is 2.15. The van der Waals surface area contributed by atoms with E-state index in [1.807, 2.05) is 38.0 Å². The van der Waals surface area contributed by atoms with Gasteiger partial charge in [-0.15, -0.1) is 24.0 Å². The number of hydrogen-bond donors (Lipinski definition) is 1. The highest BCUT2D eigenvalue weighted by atomic mass is 127. The molecule has 1 aliphatic heterocycles. The van der Waals surface area contributed by atoms with Crippen molar-refractivity contribution in [2.24, 2.45) is 12.0 Å². The monoisotopic (exact) mass is 490 g/mol. The van der Waals surface area contributed by atoms with Crippen LogP contribution in [0.5, 0.6) is 0 Å². The standard InChI is InChI=1S/C18H27ClN6.HI/c1-20-18(24(3)13-16-10-14(19)11-23(16)2)21-8-7-15-12-25-9-5-4-6-17(25)22-15;/h10-12H,4-9,13H2,1-3H3,(H,20,21);1H. The fourth-order valence-electron chi connectivity index (χ4n) is 3.32. The van der Waals surface area contributed by atoms with E-state index in [2.05, 4.69) is 26.0 Å². The molecule has 0 amide bonds. The van der Waals surface area contributed by atoms with Crippen molar-refractivity contribution in [2.75, 3.05) is 20.6 Å². The third kappa shape index (κ3) is 5.16. The lowest BCUT2D eigenvalue weighted by atomic mass is 10.2. The second kappa shape index (κ2) is 9.64. The van der Waals surface area contributed by atoms with Gasteiger partial charge in [-0.25, -0.2) is 4.98 Å². The number of aromatic nitrogens is 3. The van der Waals surface area contributed by atoms with Crippen molar-refractivity contribution in [2.45, 2.75) is 38.8 Å². The highest BCUT2D eigenvalue weighted by molar-refractivity contribution is 14.0. The molecule has 8 heteroatoms. The van der Waals surface area contributed by atoms with Gasteiger partial charge in [0.1, 0.15) is 5.82 Å². The Morgan fingerprint density at radius 1 is 1.38 bits per heavy atom. The summed E-state index contributed by atoms with van der Waals surface area (Å²) in [5.41, 5.74) is 2.31. The maximum absolute atomic E-state index is 6.06. The lowest BCUT2D eigenvalue weighted by Crippen LogP contribution is -2.39. The van der Waals surface area contributed by atoms with E-state index in [-0.39, 0.29) is 24.0 Å². The summed E-state index contributed by atoms with van der Waals surface area (Å²) in [6, 6.07) is 1.99. The number of fused-ring (bicyclic) bond motifs is 1. The normalized spacial score (nSPS) is 13.9. The van der Waals surface area contributed by atoms with Crippen LogP contribution in [0.15, 0.2) is 23.5 Å². The van der Waals surface area contributed by atoms with Crippen LogP contribution in [0, 0.1) is 0 Å². The first kappa shape index (κ1) is 21.1. The van der Waals surface area contributed by atoms with Crippen LogP contribution in [0.3, 0.4) is 0 Å². The van der Waals surface area contributed by atoms with E-state index in [1.165, 1.54) is 18.7 Å². The molecule has 0 fully saturated rings. The second-order valence-electron chi connectivity index (χ2n) is 6.64. The van der Waals surface area contributed by atoms with Gasteiger partial charge in [0.2, 0.25) is 0 Å². The molecule has 0 atom stereocenters. The lowest BCUT2D eigenvalue weighted by Gasteiger charge is -2.22. The highest BCUT2D eigenvalue weighted by Gasteiger charge is 2.13. The molecule has 3 heterocycles. The zero-order valence-electron chi connectivity index (χ0n) is 15.7. The molecule has 3 rings (SSSR count). The molecule has 144 valence electrons. The number of rotatable bonds is 5. The van der Waals surface area contributed by atoms with Crippen molar-refractivity contribution in [1.82, 2.24) is 24.3 Å². The van der Waals surface area contributed by atoms with Gasteiger partial charge < -0.3 is 19.4 Å². The minimum atomic E-state index is 0. The van der Waals surface area contributed by atoms with Crippen LogP contribution in [0.1, 0.15) is 30.1 Å². The Kier molecular flexibility index (Phi) is 7.82. The van der Waals surface area contributed by atoms with Crippen LogP contribution in [0.4, 0.5) is 0 Å². The second-order valence-corrected chi connectivity index (χ2v) is 7.08. The smallest absolute Gasteiger partial charge is 0.193 e. The zero-order valence-corrected chi connectivity index (χ0v) is 18.8. The molecule has 0 saturated heterocycles. The first-order chi connectivity index (χ1) is 12.1. The number of imidazole rings is 1. The van der Waals surface area contributed by atoms with Crippen LogP contribution >= 0.6 is 35.6 Å². The average molecular weight is 491 g/mol. The number of aliphatic imine (C=N–C) groups is 1. The first-order valence-electron chi connectivity index (χ1n) is 8.84.